The number of ether oxygens (including phenoxy) is 2. The number of nitrogens with zero attached hydrogens (tertiary/aromatic N) is 2. The fourth-order valence-electron chi connectivity index (χ4n) is 3.13. The Labute approximate surface area is 171 Å². The van der Waals surface area contributed by atoms with Crippen LogP contribution in [0.15, 0.2) is 48.5 Å². The molecular weight excluding hydrogens is 378 g/mol. The zero-order chi connectivity index (χ0) is 19.8. The molecule has 2 aromatic rings. The number of halogens is 1. The van der Waals surface area contributed by atoms with Gasteiger partial charge in [-0.3, -0.25) is 14.6 Å². The summed E-state index contributed by atoms with van der Waals surface area (Å²) in [4.78, 5) is 16.8. The van der Waals surface area contributed by atoms with E-state index in [4.69, 9.17) is 21.1 Å². The van der Waals surface area contributed by atoms with Gasteiger partial charge in [0.1, 0.15) is 18.1 Å². The summed E-state index contributed by atoms with van der Waals surface area (Å²) in [5.41, 5.74) is 0.674. The van der Waals surface area contributed by atoms with Crippen LogP contribution in [0, 0.1) is 0 Å². The molecule has 1 fully saturated rings. The Kier molecular flexibility index (Phi) is 7.54. The van der Waals surface area contributed by atoms with Crippen molar-refractivity contribution in [3.8, 4) is 11.5 Å². The highest BCUT2D eigenvalue weighted by Gasteiger charge is 2.19. The Morgan fingerprint density at radius 1 is 1.07 bits per heavy atom. The average molecular weight is 404 g/mol. The molecule has 0 spiro atoms. The van der Waals surface area contributed by atoms with Crippen LogP contribution in [0.25, 0.3) is 0 Å². The maximum atomic E-state index is 12.3. The van der Waals surface area contributed by atoms with Gasteiger partial charge in [-0.1, -0.05) is 29.8 Å². The van der Waals surface area contributed by atoms with Gasteiger partial charge >= 0.3 is 0 Å². The molecule has 1 N–H and O–H groups in total. The van der Waals surface area contributed by atoms with E-state index in [0.717, 1.165) is 38.5 Å². The van der Waals surface area contributed by atoms with Gasteiger partial charge < -0.3 is 14.8 Å². The zero-order valence-electron chi connectivity index (χ0n) is 16.1. The first-order valence-corrected chi connectivity index (χ1v) is 9.78. The summed E-state index contributed by atoms with van der Waals surface area (Å²) in [6.45, 7) is 5.52. The van der Waals surface area contributed by atoms with E-state index in [0.29, 0.717) is 29.6 Å². The Hall–Kier alpha value is -2.28. The standard InChI is InChI=1S/C21H26ClN3O3/c1-27-20-8-7-17(15-19(20)22)23-21(26)16-25-11-9-24(10-12-25)13-14-28-18-5-3-2-4-6-18/h2-8,15H,9-14,16H2,1H3,(H,23,26). The van der Waals surface area contributed by atoms with Gasteiger partial charge in [0.2, 0.25) is 5.91 Å². The van der Waals surface area contributed by atoms with E-state index >= 15 is 0 Å². The highest BCUT2D eigenvalue weighted by Crippen LogP contribution is 2.27. The van der Waals surface area contributed by atoms with E-state index in [1.165, 1.54) is 0 Å². The Bertz CT molecular complexity index is 765. The number of rotatable bonds is 8. The number of piperazine rings is 1. The van der Waals surface area contributed by atoms with Crippen LogP contribution in [-0.4, -0.2) is 68.7 Å². The third-order valence-corrected chi connectivity index (χ3v) is 4.98. The number of amides is 1. The van der Waals surface area contributed by atoms with E-state index in [-0.39, 0.29) is 5.91 Å². The van der Waals surface area contributed by atoms with Gasteiger partial charge in [0.05, 0.1) is 18.7 Å². The van der Waals surface area contributed by atoms with Crippen molar-refractivity contribution in [1.82, 2.24) is 9.80 Å². The minimum atomic E-state index is -0.0397. The van der Waals surface area contributed by atoms with Crippen LogP contribution >= 0.6 is 11.6 Å². The lowest BCUT2D eigenvalue weighted by molar-refractivity contribution is -0.117. The highest BCUT2D eigenvalue weighted by molar-refractivity contribution is 6.32. The molecule has 0 unspecified atom stereocenters. The number of hydrogen-bond donors (Lipinski definition) is 1. The summed E-state index contributed by atoms with van der Waals surface area (Å²) >= 11 is 6.10. The zero-order valence-corrected chi connectivity index (χ0v) is 16.8. The molecule has 1 aliphatic rings. The monoisotopic (exact) mass is 403 g/mol. The van der Waals surface area contributed by atoms with Gasteiger partial charge in [-0.2, -0.15) is 0 Å². The Morgan fingerprint density at radius 2 is 1.79 bits per heavy atom. The molecule has 1 heterocycles. The number of hydrogen-bond acceptors (Lipinski definition) is 5. The molecule has 0 radical (unpaired) electrons. The lowest BCUT2D eigenvalue weighted by Gasteiger charge is -2.34. The minimum Gasteiger partial charge on any atom is -0.495 e. The normalized spacial score (nSPS) is 15.2. The second-order valence-electron chi connectivity index (χ2n) is 6.68. The molecule has 0 saturated carbocycles. The lowest BCUT2D eigenvalue weighted by Crippen LogP contribution is -2.49. The van der Waals surface area contributed by atoms with Crippen molar-refractivity contribution in [2.75, 3.05) is 58.3 Å². The molecule has 1 aliphatic heterocycles. The predicted octanol–water partition coefficient (Wildman–Crippen LogP) is 2.98. The fraction of sp³-hybridized carbons (Fsp3) is 0.381. The van der Waals surface area contributed by atoms with Crippen molar-refractivity contribution in [3.63, 3.8) is 0 Å². The molecule has 2 aromatic carbocycles. The Balaban J connectivity index is 1.35. The molecule has 3 rings (SSSR count). The van der Waals surface area contributed by atoms with Crippen molar-refractivity contribution in [1.29, 1.82) is 0 Å². The van der Waals surface area contributed by atoms with E-state index in [9.17, 15) is 4.79 Å². The molecule has 1 amide bonds. The molecule has 28 heavy (non-hydrogen) atoms. The van der Waals surface area contributed by atoms with Crippen LogP contribution in [0.5, 0.6) is 11.5 Å². The van der Waals surface area contributed by atoms with E-state index in [2.05, 4.69) is 15.1 Å². The second kappa shape index (κ2) is 10.3. The molecule has 150 valence electrons. The first-order valence-electron chi connectivity index (χ1n) is 9.40. The smallest absolute Gasteiger partial charge is 0.238 e. The topological polar surface area (TPSA) is 54.0 Å². The number of anilines is 1. The average Bonchev–Trinajstić information content (AvgIpc) is 2.70. The molecule has 0 atom stereocenters. The first-order chi connectivity index (χ1) is 13.6. The van der Waals surface area contributed by atoms with Crippen molar-refractivity contribution >= 4 is 23.2 Å². The SMILES string of the molecule is COc1ccc(NC(=O)CN2CCN(CCOc3ccccc3)CC2)cc1Cl. The van der Waals surface area contributed by atoms with Crippen molar-refractivity contribution in [3.05, 3.63) is 53.6 Å². The number of carbonyl (C=O) groups excluding carboxylic acids is 1. The maximum Gasteiger partial charge on any atom is 0.238 e. The summed E-state index contributed by atoms with van der Waals surface area (Å²) in [5, 5.41) is 3.37. The molecule has 1 saturated heterocycles. The van der Waals surface area contributed by atoms with Crippen LogP contribution in [0.1, 0.15) is 0 Å². The first kappa shape index (κ1) is 20.5. The summed E-state index contributed by atoms with van der Waals surface area (Å²) in [6, 6.07) is 15.1. The molecular formula is C21H26ClN3O3. The Morgan fingerprint density at radius 3 is 2.46 bits per heavy atom. The number of methoxy groups -OCH3 is 1. The van der Waals surface area contributed by atoms with Crippen LogP contribution in [-0.2, 0) is 4.79 Å². The predicted molar refractivity (Wildman–Crippen MR) is 111 cm³/mol. The third kappa shape index (κ3) is 6.12. The van der Waals surface area contributed by atoms with Crippen molar-refractivity contribution in [2.24, 2.45) is 0 Å². The van der Waals surface area contributed by atoms with Gasteiger partial charge in [-0.05, 0) is 30.3 Å². The third-order valence-electron chi connectivity index (χ3n) is 4.69. The van der Waals surface area contributed by atoms with Gasteiger partial charge in [0.15, 0.2) is 0 Å². The summed E-state index contributed by atoms with van der Waals surface area (Å²) in [6.07, 6.45) is 0. The van der Waals surface area contributed by atoms with Crippen molar-refractivity contribution < 1.29 is 14.3 Å². The number of benzene rings is 2. The van der Waals surface area contributed by atoms with Crippen LogP contribution < -0.4 is 14.8 Å². The van der Waals surface area contributed by atoms with E-state index in [1.54, 1.807) is 25.3 Å². The minimum absolute atomic E-state index is 0.0397. The molecule has 6 nitrogen and oxygen atoms in total. The van der Waals surface area contributed by atoms with Gasteiger partial charge in [0.25, 0.3) is 0 Å². The van der Waals surface area contributed by atoms with E-state index in [1.807, 2.05) is 30.3 Å². The van der Waals surface area contributed by atoms with Crippen LogP contribution in [0.2, 0.25) is 5.02 Å². The summed E-state index contributed by atoms with van der Waals surface area (Å²) in [7, 11) is 1.56. The molecule has 0 bridgehead atoms. The lowest BCUT2D eigenvalue weighted by atomic mass is 10.3. The number of para-hydroxylation sites is 1. The highest BCUT2D eigenvalue weighted by atomic mass is 35.5. The van der Waals surface area contributed by atoms with Gasteiger partial charge in [-0.15, -0.1) is 0 Å². The van der Waals surface area contributed by atoms with Crippen molar-refractivity contribution in [2.45, 2.75) is 0 Å². The van der Waals surface area contributed by atoms with E-state index < -0.39 is 0 Å². The largest absolute Gasteiger partial charge is 0.495 e. The van der Waals surface area contributed by atoms with Gasteiger partial charge in [0, 0.05) is 38.4 Å². The molecule has 7 heteroatoms. The van der Waals surface area contributed by atoms with Gasteiger partial charge in [-0.25, -0.2) is 0 Å². The molecule has 0 aliphatic carbocycles. The quantitative estimate of drug-likeness (QED) is 0.734. The summed E-state index contributed by atoms with van der Waals surface area (Å²) < 4.78 is 10.9. The maximum absolute atomic E-state index is 12.3. The summed E-state index contributed by atoms with van der Waals surface area (Å²) in [5.74, 6) is 1.45. The molecule has 0 aromatic heterocycles. The second-order valence-corrected chi connectivity index (χ2v) is 7.08. The van der Waals surface area contributed by atoms with Crippen LogP contribution in [0.4, 0.5) is 5.69 Å². The van der Waals surface area contributed by atoms with Crippen LogP contribution in [0.3, 0.4) is 0 Å². The number of carbonyl (C=O) groups is 1. The number of nitrogens with one attached hydrogen (secondary N) is 1. The fourth-order valence-corrected chi connectivity index (χ4v) is 3.39.